The number of aromatic nitrogens is 3. The van der Waals surface area contributed by atoms with Crippen LogP contribution < -0.4 is 5.73 Å². The predicted molar refractivity (Wildman–Crippen MR) is 87.1 cm³/mol. The smallest absolute Gasteiger partial charge is 0.151 e. The molecule has 0 amide bonds. The number of nitrogens with zero attached hydrogens (tertiary/aromatic N) is 3. The fourth-order valence-corrected chi connectivity index (χ4v) is 2.97. The zero-order valence-corrected chi connectivity index (χ0v) is 13.2. The Balaban J connectivity index is 2.32. The van der Waals surface area contributed by atoms with Crippen molar-refractivity contribution in [3.63, 3.8) is 0 Å². The molecule has 0 saturated heterocycles. The number of hydrogen-bond acceptors (Lipinski definition) is 3. The Morgan fingerprint density at radius 2 is 1.95 bits per heavy atom. The van der Waals surface area contributed by atoms with E-state index in [9.17, 15) is 4.39 Å². The molecule has 1 aromatic carbocycles. The van der Waals surface area contributed by atoms with Crippen LogP contribution in [0.3, 0.4) is 0 Å². The summed E-state index contributed by atoms with van der Waals surface area (Å²) in [6.45, 7) is 6.10. The van der Waals surface area contributed by atoms with Crippen LogP contribution in [0.1, 0.15) is 31.0 Å². The van der Waals surface area contributed by atoms with Crippen LogP contribution in [0.25, 0.3) is 22.0 Å². The van der Waals surface area contributed by atoms with Crippen LogP contribution >= 0.6 is 0 Å². The van der Waals surface area contributed by atoms with Crippen LogP contribution in [0.15, 0.2) is 24.4 Å². The molecule has 0 saturated carbocycles. The highest BCUT2D eigenvalue weighted by Crippen LogP contribution is 2.33. The Labute approximate surface area is 128 Å². The summed E-state index contributed by atoms with van der Waals surface area (Å²) in [6.07, 6.45) is 1.71. The molecule has 0 aliphatic carbocycles. The summed E-state index contributed by atoms with van der Waals surface area (Å²) in [6, 6.07) is 5.28. The van der Waals surface area contributed by atoms with Crippen molar-refractivity contribution in [2.45, 2.75) is 26.7 Å². The average molecular weight is 298 g/mol. The molecule has 3 aromatic rings. The standard InChI is InChI=1S/C17H19FN4/c1-9(2)17-13-5-11(6-14(18)16(13)21-22(17)4)12-7-15(19)20-8-10(12)3/h5-9H,1-4H3,(H2,19,20). The Bertz CT molecular complexity index is 865. The Morgan fingerprint density at radius 1 is 1.23 bits per heavy atom. The number of rotatable bonds is 2. The Kier molecular flexibility index (Phi) is 3.35. The molecule has 4 nitrogen and oxygen atoms in total. The molecule has 2 heterocycles. The third kappa shape index (κ3) is 2.22. The zero-order valence-electron chi connectivity index (χ0n) is 13.2. The predicted octanol–water partition coefficient (Wildman–Crippen LogP) is 3.79. The first-order valence-electron chi connectivity index (χ1n) is 7.27. The van der Waals surface area contributed by atoms with Crippen molar-refractivity contribution in [3.8, 4) is 11.1 Å². The lowest BCUT2D eigenvalue weighted by Crippen LogP contribution is -1.99. The number of nitrogens with two attached hydrogens (primary N) is 1. The summed E-state index contributed by atoms with van der Waals surface area (Å²) < 4.78 is 16.3. The first kappa shape index (κ1) is 14.5. The van der Waals surface area contributed by atoms with Crippen LogP contribution in [0.4, 0.5) is 10.2 Å². The van der Waals surface area contributed by atoms with Crippen LogP contribution in [0, 0.1) is 12.7 Å². The van der Waals surface area contributed by atoms with Crippen LogP contribution in [-0.4, -0.2) is 14.8 Å². The van der Waals surface area contributed by atoms with Crippen molar-refractivity contribution in [3.05, 3.63) is 41.5 Å². The molecule has 0 aliphatic heterocycles. The molecule has 0 fully saturated rings. The molecule has 114 valence electrons. The van der Waals surface area contributed by atoms with E-state index in [1.54, 1.807) is 16.9 Å². The lowest BCUT2D eigenvalue weighted by Gasteiger charge is -2.09. The lowest BCUT2D eigenvalue weighted by atomic mass is 9.98. The van der Waals surface area contributed by atoms with Gasteiger partial charge in [0.2, 0.25) is 0 Å². The topological polar surface area (TPSA) is 56.7 Å². The second-order valence-electron chi connectivity index (χ2n) is 5.94. The number of pyridine rings is 1. The summed E-state index contributed by atoms with van der Waals surface area (Å²) in [5.74, 6) is 0.370. The van der Waals surface area contributed by atoms with E-state index in [-0.39, 0.29) is 11.7 Å². The van der Waals surface area contributed by atoms with Crippen LogP contribution in [-0.2, 0) is 7.05 Å². The number of nitrogen functional groups attached to an aromatic ring is 1. The third-order valence-electron chi connectivity index (χ3n) is 3.92. The van der Waals surface area contributed by atoms with Gasteiger partial charge < -0.3 is 5.73 Å². The van der Waals surface area contributed by atoms with E-state index < -0.39 is 0 Å². The van der Waals surface area contributed by atoms with E-state index in [0.717, 1.165) is 27.8 Å². The first-order valence-corrected chi connectivity index (χ1v) is 7.27. The van der Waals surface area contributed by atoms with Gasteiger partial charge in [-0.15, -0.1) is 0 Å². The van der Waals surface area contributed by atoms with Crippen molar-refractivity contribution in [2.24, 2.45) is 7.05 Å². The van der Waals surface area contributed by atoms with Crippen LogP contribution in [0.5, 0.6) is 0 Å². The molecule has 0 spiro atoms. The maximum atomic E-state index is 14.5. The van der Waals surface area contributed by atoms with Crippen molar-refractivity contribution < 1.29 is 4.39 Å². The maximum Gasteiger partial charge on any atom is 0.151 e. The molecule has 0 aliphatic rings. The van der Waals surface area contributed by atoms with Gasteiger partial charge in [-0.2, -0.15) is 5.10 Å². The lowest BCUT2D eigenvalue weighted by molar-refractivity contribution is 0.629. The van der Waals surface area contributed by atoms with Crippen LogP contribution in [0.2, 0.25) is 0 Å². The second-order valence-corrected chi connectivity index (χ2v) is 5.94. The van der Waals surface area contributed by atoms with Gasteiger partial charge in [-0.1, -0.05) is 13.8 Å². The highest BCUT2D eigenvalue weighted by Gasteiger charge is 2.17. The second kappa shape index (κ2) is 5.09. The number of benzene rings is 1. The van der Waals surface area contributed by atoms with Crippen molar-refractivity contribution >= 4 is 16.7 Å². The normalized spacial score (nSPS) is 11.5. The van der Waals surface area contributed by atoms with Gasteiger partial charge in [0, 0.05) is 24.3 Å². The minimum absolute atomic E-state index is 0.258. The monoisotopic (exact) mass is 298 g/mol. The Hall–Kier alpha value is -2.43. The number of halogens is 1. The van der Waals surface area contributed by atoms with Crippen molar-refractivity contribution in [1.82, 2.24) is 14.8 Å². The van der Waals surface area contributed by atoms with Gasteiger partial charge in [0.05, 0.1) is 0 Å². The molecular weight excluding hydrogens is 279 g/mol. The molecule has 2 N–H and O–H groups in total. The largest absolute Gasteiger partial charge is 0.384 e. The molecule has 5 heteroatoms. The van der Waals surface area contributed by atoms with Crippen molar-refractivity contribution in [2.75, 3.05) is 5.73 Å². The molecule has 0 unspecified atom stereocenters. The molecule has 0 atom stereocenters. The fourth-order valence-electron chi connectivity index (χ4n) is 2.97. The molecule has 0 bridgehead atoms. The minimum atomic E-state index is -0.315. The zero-order chi connectivity index (χ0) is 16.0. The van der Waals surface area contributed by atoms with Gasteiger partial charge in [-0.3, -0.25) is 4.68 Å². The first-order chi connectivity index (χ1) is 10.4. The van der Waals surface area contributed by atoms with Gasteiger partial charge >= 0.3 is 0 Å². The van der Waals surface area contributed by atoms with E-state index in [2.05, 4.69) is 23.9 Å². The van der Waals surface area contributed by atoms with Gasteiger partial charge in [0.15, 0.2) is 5.82 Å². The molecule has 2 aromatic heterocycles. The summed E-state index contributed by atoms with van der Waals surface area (Å²) in [7, 11) is 1.85. The van der Waals surface area contributed by atoms with Gasteiger partial charge in [0.25, 0.3) is 0 Å². The fraction of sp³-hybridized carbons (Fsp3) is 0.294. The molecule has 3 rings (SSSR count). The summed E-state index contributed by atoms with van der Waals surface area (Å²) >= 11 is 0. The summed E-state index contributed by atoms with van der Waals surface area (Å²) in [4.78, 5) is 4.07. The average Bonchev–Trinajstić information content (AvgIpc) is 2.78. The van der Waals surface area contributed by atoms with E-state index >= 15 is 0 Å². The molecular formula is C17H19FN4. The highest BCUT2D eigenvalue weighted by atomic mass is 19.1. The molecule has 22 heavy (non-hydrogen) atoms. The highest BCUT2D eigenvalue weighted by molar-refractivity contribution is 5.88. The summed E-state index contributed by atoms with van der Waals surface area (Å²) in [5.41, 5.74) is 9.87. The van der Waals surface area contributed by atoms with Gasteiger partial charge in [-0.05, 0) is 47.7 Å². The Morgan fingerprint density at radius 3 is 2.64 bits per heavy atom. The molecule has 0 radical (unpaired) electrons. The van der Waals surface area contributed by atoms with E-state index in [4.69, 9.17) is 5.73 Å². The van der Waals surface area contributed by atoms with Gasteiger partial charge in [0.1, 0.15) is 11.3 Å². The SMILES string of the molecule is Cc1cnc(N)cc1-c1cc(F)c2nn(C)c(C(C)C)c2c1. The quantitative estimate of drug-likeness (QED) is 0.783. The van der Waals surface area contributed by atoms with E-state index in [1.807, 2.05) is 20.0 Å². The summed E-state index contributed by atoms with van der Waals surface area (Å²) in [5, 5.41) is 5.16. The number of hydrogen-bond donors (Lipinski definition) is 1. The van der Waals surface area contributed by atoms with E-state index in [1.165, 1.54) is 6.07 Å². The third-order valence-corrected chi connectivity index (χ3v) is 3.92. The number of anilines is 1. The minimum Gasteiger partial charge on any atom is -0.384 e. The van der Waals surface area contributed by atoms with Gasteiger partial charge in [-0.25, -0.2) is 9.37 Å². The van der Waals surface area contributed by atoms with E-state index in [0.29, 0.717) is 11.3 Å². The van der Waals surface area contributed by atoms with Crippen molar-refractivity contribution in [1.29, 1.82) is 0 Å². The maximum absolute atomic E-state index is 14.5. The number of fused-ring (bicyclic) bond motifs is 1. The number of aryl methyl sites for hydroxylation is 2.